The highest BCUT2D eigenvalue weighted by Crippen LogP contribution is 2.56. The molecule has 4 unspecified atom stereocenters. The molecule has 2 aliphatic rings. The third-order valence-corrected chi connectivity index (χ3v) is 8.99. The number of Topliss-reactive ketones (excluding diaryl/α,β-unsaturated/α-hetero) is 1. The summed E-state index contributed by atoms with van der Waals surface area (Å²) in [5.41, 5.74) is 3.72. The van der Waals surface area contributed by atoms with Crippen LogP contribution in [0.25, 0.3) is 11.1 Å². The van der Waals surface area contributed by atoms with Gasteiger partial charge >= 0.3 is 0 Å². The lowest BCUT2D eigenvalue weighted by atomic mass is 9.69. The maximum atomic E-state index is 15.0. The van der Waals surface area contributed by atoms with Crippen molar-refractivity contribution in [2.24, 2.45) is 11.8 Å². The SMILES string of the molecule is COc1cc(C2C(CC(C)C)NC3(C(=O)Nc4ccccc43)C2C(=O)c2ccc(-c3ccccc3)cc2)cc(OC)c1OC. The highest BCUT2D eigenvalue weighted by molar-refractivity contribution is 6.12. The average molecular weight is 591 g/mol. The second-order valence-electron chi connectivity index (χ2n) is 12.0. The molecule has 4 atom stereocenters. The van der Waals surface area contributed by atoms with Gasteiger partial charge in [-0.3, -0.25) is 14.9 Å². The third kappa shape index (κ3) is 4.81. The molecule has 7 nitrogen and oxygen atoms in total. The zero-order chi connectivity index (χ0) is 31.0. The quantitative estimate of drug-likeness (QED) is 0.208. The van der Waals surface area contributed by atoms with Crippen molar-refractivity contribution in [3.63, 3.8) is 0 Å². The Hall–Kier alpha value is -4.62. The number of hydrogen-bond acceptors (Lipinski definition) is 6. The number of ketones is 1. The van der Waals surface area contributed by atoms with E-state index in [4.69, 9.17) is 14.2 Å². The molecule has 1 spiro atoms. The lowest BCUT2D eigenvalue weighted by Crippen LogP contribution is -2.51. The Morgan fingerprint density at radius 1 is 0.818 bits per heavy atom. The maximum Gasteiger partial charge on any atom is 0.250 e. The first-order valence-corrected chi connectivity index (χ1v) is 15.0. The smallest absolute Gasteiger partial charge is 0.250 e. The van der Waals surface area contributed by atoms with E-state index in [0.717, 1.165) is 34.4 Å². The minimum absolute atomic E-state index is 0.103. The van der Waals surface area contributed by atoms with Crippen molar-refractivity contribution in [1.29, 1.82) is 0 Å². The Bertz CT molecular complexity index is 1660. The summed E-state index contributed by atoms with van der Waals surface area (Å²) in [4.78, 5) is 29.2. The van der Waals surface area contributed by atoms with Crippen LogP contribution in [0.5, 0.6) is 17.2 Å². The van der Waals surface area contributed by atoms with E-state index >= 15 is 0 Å². The van der Waals surface area contributed by atoms with Gasteiger partial charge in [-0.15, -0.1) is 0 Å². The molecular weight excluding hydrogens is 552 g/mol. The van der Waals surface area contributed by atoms with E-state index in [1.807, 2.05) is 91.0 Å². The zero-order valence-corrected chi connectivity index (χ0v) is 25.7. The van der Waals surface area contributed by atoms with Gasteiger partial charge in [0.2, 0.25) is 11.7 Å². The van der Waals surface area contributed by atoms with Crippen LogP contribution in [0.2, 0.25) is 0 Å². The highest BCUT2D eigenvalue weighted by Gasteiger charge is 2.64. The van der Waals surface area contributed by atoms with Crippen molar-refractivity contribution in [1.82, 2.24) is 5.32 Å². The average Bonchev–Trinajstić information content (AvgIpc) is 3.53. The van der Waals surface area contributed by atoms with Gasteiger partial charge in [-0.05, 0) is 47.2 Å². The molecule has 4 aromatic carbocycles. The lowest BCUT2D eigenvalue weighted by Gasteiger charge is -2.31. The molecule has 1 fully saturated rings. The molecule has 44 heavy (non-hydrogen) atoms. The van der Waals surface area contributed by atoms with E-state index in [1.54, 1.807) is 21.3 Å². The first-order valence-electron chi connectivity index (χ1n) is 15.0. The number of hydrogen-bond donors (Lipinski definition) is 2. The van der Waals surface area contributed by atoms with Crippen LogP contribution in [-0.2, 0) is 10.3 Å². The van der Waals surface area contributed by atoms with Crippen LogP contribution in [0.3, 0.4) is 0 Å². The monoisotopic (exact) mass is 590 g/mol. The summed E-state index contributed by atoms with van der Waals surface area (Å²) < 4.78 is 17.1. The van der Waals surface area contributed by atoms with E-state index in [2.05, 4.69) is 24.5 Å². The molecule has 0 aromatic heterocycles. The molecule has 0 bridgehead atoms. The predicted octanol–water partition coefficient (Wildman–Crippen LogP) is 6.83. The predicted molar refractivity (Wildman–Crippen MR) is 172 cm³/mol. The normalized spacial score (nSPS) is 22.1. The van der Waals surface area contributed by atoms with Gasteiger partial charge in [-0.1, -0.05) is 86.6 Å². The van der Waals surface area contributed by atoms with Crippen LogP contribution in [0.15, 0.2) is 91.0 Å². The fourth-order valence-corrected chi connectivity index (χ4v) is 7.13. The van der Waals surface area contributed by atoms with Gasteiger partial charge in [-0.25, -0.2) is 0 Å². The van der Waals surface area contributed by atoms with Crippen LogP contribution in [0, 0.1) is 11.8 Å². The van der Waals surface area contributed by atoms with E-state index in [0.29, 0.717) is 28.7 Å². The molecule has 6 rings (SSSR count). The van der Waals surface area contributed by atoms with E-state index in [1.165, 1.54) is 0 Å². The van der Waals surface area contributed by atoms with Gasteiger partial charge in [0, 0.05) is 28.8 Å². The molecule has 0 radical (unpaired) electrons. The minimum Gasteiger partial charge on any atom is -0.493 e. The molecule has 2 heterocycles. The van der Waals surface area contributed by atoms with Crippen molar-refractivity contribution in [2.75, 3.05) is 26.6 Å². The molecule has 1 amide bonds. The number of fused-ring (bicyclic) bond motifs is 2. The standard InChI is InChI=1S/C37H38N2O5/c1-22(2)19-29-32(26-20-30(42-3)35(44-5)31(21-26)43-4)33(37(39-29)27-13-9-10-14-28(27)38-36(37)41)34(40)25-17-15-24(16-18-25)23-11-7-6-8-12-23/h6-18,20-22,29,32-33,39H,19H2,1-5H3,(H,38,41). The van der Waals surface area contributed by atoms with Crippen LogP contribution in [0.1, 0.15) is 47.7 Å². The summed E-state index contributed by atoms with van der Waals surface area (Å²) in [5.74, 6) is 0.303. The van der Waals surface area contributed by atoms with Gasteiger partial charge in [0.1, 0.15) is 5.54 Å². The largest absolute Gasteiger partial charge is 0.493 e. The molecule has 2 aliphatic heterocycles. The van der Waals surface area contributed by atoms with Gasteiger partial charge in [-0.2, -0.15) is 0 Å². The van der Waals surface area contributed by atoms with Crippen LogP contribution in [0.4, 0.5) is 5.69 Å². The molecule has 7 heteroatoms. The second-order valence-corrected chi connectivity index (χ2v) is 12.0. The van der Waals surface area contributed by atoms with E-state index in [9.17, 15) is 9.59 Å². The van der Waals surface area contributed by atoms with Crippen molar-refractivity contribution < 1.29 is 23.8 Å². The van der Waals surface area contributed by atoms with E-state index in [-0.39, 0.29) is 23.7 Å². The summed E-state index contributed by atoms with van der Waals surface area (Å²) in [6.07, 6.45) is 0.745. The number of amides is 1. The topological polar surface area (TPSA) is 85.9 Å². The van der Waals surface area contributed by atoms with Crippen molar-refractivity contribution >= 4 is 17.4 Å². The number of anilines is 1. The number of methoxy groups -OCH3 is 3. The van der Waals surface area contributed by atoms with Gasteiger partial charge in [0.25, 0.3) is 0 Å². The van der Waals surface area contributed by atoms with Gasteiger partial charge in [0.05, 0.1) is 27.2 Å². The van der Waals surface area contributed by atoms with Gasteiger partial charge < -0.3 is 19.5 Å². The zero-order valence-electron chi connectivity index (χ0n) is 25.7. The fraction of sp³-hybridized carbons (Fsp3) is 0.297. The first-order chi connectivity index (χ1) is 21.3. The van der Waals surface area contributed by atoms with Crippen LogP contribution >= 0.6 is 0 Å². The molecule has 0 saturated carbocycles. The van der Waals surface area contributed by atoms with E-state index < -0.39 is 11.5 Å². The lowest BCUT2D eigenvalue weighted by molar-refractivity contribution is -0.122. The number of carbonyl (C=O) groups excluding carboxylic acids is 2. The maximum absolute atomic E-state index is 15.0. The summed E-state index contributed by atoms with van der Waals surface area (Å²) in [6.45, 7) is 4.31. The minimum atomic E-state index is -1.27. The van der Waals surface area contributed by atoms with Crippen molar-refractivity contribution in [2.45, 2.75) is 37.8 Å². The second kappa shape index (κ2) is 11.8. The van der Waals surface area contributed by atoms with Crippen LogP contribution in [-0.4, -0.2) is 39.1 Å². The molecule has 0 aliphatic carbocycles. The Balaban J connectivity index is 1.55. The molecule has 2 N–H and O–H groups in total. The fourth-order valence-electron chi connectivity index (χ4n) is 7.13. The summed E-state index contributed by atoms with van der Waals surface area (Å²) in [6, 6.07) is 29.0. The number of benzene rings is 4. The summed E-state index contributed by atoms with van der Waals surface area (Å²) in [5, 5.41) is 6.83. The molecule has 1 saturated heterocycles. The number of ether oxygens (including phenoxy) is 3. The van der Waals surface area contributed by atoms with Crippen molar-refractivity contribution in [3.05, 3.63) is 108 Å². The highest BCUT2D eigenvalue weighted by atomic mass is 16.5. The number of nitrogens with one attached hydrogen (secondary N) is 2. The van der Waals surface area contributed by atoms with Crippen molar-refractivity contribution in [3.8, 4) is 28.4 Å². The Morgan fingerprint density at radius 3 is 2.05 bits per heavy atom. The molecule has 4 aromatic rings. The summed E-state index contributed by atoms with van der Waals surface area (Å²) in [7, 11) is 4.73. The summed E-state index contributed by atoms with van der Waals surface area (Å²) >= 11 is 0. The Morgan fingerprint density at radius 2 is 1.43 bits per heavy atom. The Kier molecular flexibility index (Phi) is 7.91. The first kappa shape index (κ1) is 29.5. The Labute approximate surface area is 258 Å². The number of para-hydroxylation sites is 1. The van der Waals surface area contributed by atoms with Gasteiger partial charge in [0.15, 0.2) is 17.3 Å². The number of carbonyl (C=O) groups is 2. The third-order valence-electron chi connectivity index (χ3n) is 8.99. The number of rotatable bonds is 9. The van der Waals surface area contributed by atoms with Crippen LogP contribution < -0.4 is 24.8 Å². The molecular formula is C37H38N2O5. The molecule has 226 valence electrons.